The van der Waals surface area contributed by atoms with Gasteiger partial charge in [-0.3, -0.25) is 14.4 Å². The van der Waals surface area contributed by atoms with Gasteiger partial charge in [0, 0.05) is 47.0 Å². The number of amides is 1. The number of rotatable bonds is 26. The molecule has 5 aliphatic rings. The van der Waals surface area contributed by atoms with Gasteiger partial charge in [-0.1, -0.05) is 166 Å². The molecule has 7 aromatic rings. The molecular weight excluding hydrogens is 1310 g/mol. The Morgan fingerprint density at radius 3 is 1.73 bits per heavy atom. The Morgan fingerprint density at radius 2 is 1.18 bits per heavy atom. The molecule has 13 nitrogen and oxygen atoms in total. The number of methoxy groups -OCH3 is 2. The number of esters is 2. The molecule has 5 aromatic carbocycles. The number of carbonyl (C=O) groups excluding carboxylic acids is 5. The second-order valence-electron chi connectivity index (χ2n) is 26.2. The summed E-state index contributed by atoms with van der Waals surface area (Å²) in [6.07, 6.45) is 14.2. The van der Waals surface area contributed by atoms with Crippen LogP contribution in [-0.2, 0) is 59.8 Å². The standard InChI is InChI=1S/C28H32F2O4S.C27H33F2NO4S.C18H20BNO.C6H4BO2/c1-19(8-6-11-20-9-4-3-5-10-20)24(31)16-14-21-18-28(29,30)26(32)23(21)13-7-12-22-15-17-25(35-22)27(33)34-2;1-19(8-6-11-20-9-4-3-5-10-20)23(31)15-13-21-18-27(28,29)26(33)30(21)17-7-12-22-14-16-24(35-22)25(32)34-2;1-19-20-14-8-13-17(20)18(21-19,15-9-4-2-5-10-15)16-11-6-3-7-12-16;1-2-4-6-5(3-1)8-7-9-6/h3-5,9-10,14-17,19,21,23H,6-8,11-13,18H2,1-2H3;3-5,9-10,13-16,19,21,23,31H,6-8,11-12,17-18H2,1-2H3;2-7,9-12,17H,8,13-14H2,1H3;1-4H/b16-14+;15-13+;;/t19-,21-,23?;19-,21-,23+;17-;/m001./s1. The van der Waals surface area contributed by atoms with Crippen LogP contribution in [0.4, 0.5) is 17.6 Å². The van der Waals surface area contributed by atoms with Crippen LogP contribution in [-0.4, -0.2) is 116 Å². The third kappa shape index (κ3) is 20.2. The molecule has 2 aromatic heterocycles. The summed E-state index contributed by atoms with van der Waals surface area (Å²) in [4.78, 5) is 67.0. The van der Waals surface area contributed by atoms with Crippen molar-refractivity contribution in [1.29, 1.82) is 0 Å². The van der Waals surface area contributed by atoms with Crippen LogP contribution < -0.4 is 9.31 Å². The molecule has 1 amide bonds. The molecule has 12 rings (SSSR count). The fourth-order valence-electron chi connectivity index (χ4n) is 13.7. The van der Waals surface area contributed by atoms with Crippen LogP contribution in [0.2, 0.25) is 6.82 Å². The smallest absolute Gasteiger partial charge is 0.524 e. The summed E-state index contributed by atoms with van der Waals surface area (Å²) in [7, 11) is 4.14. The fourth-order valence-corrected chi connectivity index (χ4v) is 15.7. The number of ketones is 2. The normalized spacial score (nSPS) is 20.1. The lowest BCUT2D eigenvalue weighted by Crippen LogP contribution is -2.41. The van der Waals surface area contributed by atoms with Crippen LogP contribution >= 0.6 is 22.7 Å². The molecule has 6 heterocycles. The van der Waals surface area contributed by atoms with Crippen LogP contribution in [0.25, 0.3) is 0 Å². The average Bonchev–Trinajstić information content (AvgIpc) is 1.56. The third-order valence-corrected chi connectivity index (χ3v) is 21.5. The number of Topliss-reactive ketones (excluding diaryl/α,β-unsaturated/α-hetero) is 1. The highest BCUT2D eigenvalue weighted by molar-refractivity contribution is 7.14. The molecule has 527 valence electrons. The van der Waals surface area contributed by atoms with Gasteiger partial charge in [-0.25, -0.2) is 9.59 Å². The molecule has 1 unspecified atom stereocenters. The second kappa shape index (κ2) is 36.6. The summed E-state index contributed by atoms with van der Waals surface area (Å²) in [5.74, 6) is -9.95. The van der Waals surface area contributed by atoms with E-state index in [9.17, 15) is 46.6 Å². The molecule has 0 bridgehead atoms. The van der Waals surface area contributed by atoms with Crippen molar-refractivity contribution in [2.45, 2.75) is 153 Å². The number of ether oxygens (including phenoxy) is 2. The summed E-state index contributed by atoms with van der Waals surface area (Å²) < 4.78 is 82.7. The number of para-hydroxylation sites is 2. The van der Waals surface area contributed by atoms with Gasteiger partial charge in [0.05, 0.1) is 26.4 Å². The van der Waals surface area contributed by atoms with Crippen LogP contribution in [0, 0.1) is 23.7 Å². The quantitative estimate of drug-likeness (QED) is 0.0180. The second-order valence-corrected chi connectivity index (χ2v) is 28.5. The monoisotopic (exact) mass is 1400 g/mol. The predicted molar refractivity (Wildman–Crippen MR) is 385 cm³/mol. The van der Waals surface area contributed by atoms with Gasteiger partial charge in [-0.2, -0.15) is 17.6 Å². The van der Waals surface area contributed by atoms with E-state index in [0.717, 1.165) is 66.3 Å². The number of aliphatic hydroxyl groups is 1. The van der Waals surface area contributed by atoms with Crippen LogP contribution in [0.5, 0.6) is 11.5 Å². The summed E-state index contributed by atoms with van der Waals surface area (Å²) in [6.45, 7) is 7.31. The lowest BCUT2D eigenvalue weighted by molar-refractivity contribution is -0.148. The molecule has 1 radical (unpaired) electrons. The van der Waals surface area contributed by atoms with E-state index in [1.807, 2.05) is 86.6 Å². The molecule has 0 spiro atoms. The highest BCUT2D eigenvalue weighted by Gasteiger charge is 2.57. The number of aliphatic hydroxyl groups excluding tert-OH is 1. The van der Waals surface area contributed by atoms with Crippen molar-refractivity contribution in [3.63, 3.8) is 0 Å². The van der Waals surface area contributed by atoms with Crippen molar-refractivity contribution in [3.05, 3.63) is 236 Å². The first-order valence-corrected chi connectivity index (χ1v) is 36.2. The zero-order chi connectivity index (χ0) is 71.2. The molecule has 7 atom stereocenters. The topological polar surface area (TPSA) is 158 Å². The Bertz CT molecular complexity index is 3760. The molecule has 4 fully saturated rings. The van der Waals surface area contributed by atoms with E-state index in [2.05, 4.69) is 96.6 Å². The molecule has 1 N–H and O–H groups in total. The first-order valence-electron chi connectivity index (χ1n) is 34.6. The molecular formula is C79H89B2F4N2O11S2. The van der Waals surface area contributed by atoms with Gasteiger partial charge in [0.25, 0.3) is 5.91 Å². The number of hydrogen-bond acceptors (Lipinski definition) is 14. The first kappa shape index (κ1) is 76.2. The number of carbonyl (C=O) groups is 5. The maximum absolute atomic E-state index is 14.2. The molecule has 100 heavy (non-hydrogen) atoms. The van der Waals surface area contributed by atoms with E-state index in [0.29, 0.717) is 47.9 Å². The van der Waals surface area contributed by atoms with E-state index in [1.54, 1.807) is 24.3 Å². The number of benzene rings is 5. The van der Waals surface area contributed by atoms with E-state index < -0.39 is 72.3 Å². The molecule has 4 aliphatic heterocycles. The number of aryl methyl sites for hydroxylation is 4. The van der Waals surface area contributed by atoms with Crippen molar-refractivity contribution in [2.75, 3.05) is 27.3 Å². The number of nitrogens with zero attached hydrogens (tertiary/aromatic N) is 2. The molecule has 3 saturated heterocycles. The zero-order valence-electron chi connectivity index (χ0n) is 57.4. The Labute approximate surface area is 594 Å². The van der Waals surface area contributed by atoms with Crippen LogP contribution in [0.3, 0.4) is 0 Å². The van der Waals surface area contributed by atoms with Crippen molar-refractivity contribution in [2.24, 2.45) is 23.7 Å². The number of thiophene rings is 2. The number of likely N-dealkylation sites (tertiary alicyclic amines) is 1. The van der Waals surface area contributed by atoms with Crippen molar-refractivity contribution < 1.29 is 70.1 Å². The number of allylic oxidation sites excluding steroid dienone is 2. The average molecular weight is 1400 g/mol. The Kier molecular flexibility index (Phi) is 27.9. The molecule has 21 heteroatoms. The predicted octanol–water partition coefficient (Wildman–Crippen LogP) is 16.3. The number of halogens is 4. The van der Waals surface area contributed by atoms with E-state index in [4.69, 9.17) is 23.4 Å². The minimum absolute atomic E-state index is 0.0242. The fraction of sp³-hybridized carbons (Fsp3) is 0.405. The van der Waals surface area contributed by atoms with Gasteiger partial charge in [-0.15, -0.1) is 22.7 Å². The van der Waals surface area contributed by atoms with Crippen LogP contribution in [0.1, 0.15) is 136 Å². The number of hydrogen-bond donors (Lipinski definition) is 1. The minimum atomic E-state index is -3.40. The largest absolute Gasteiger partial charge is 0.658 e. The Balaban J connectivity index is 0.000000168. The Hall–Kier alpha value is -7.94. The zero-order valence-corrected chi connectivity index (χ0v) is 59.1. The highest BCUT2D eigenvalue weighted by Crippen LogP contribution is 2.49. The maximum Gasteiger partial charge on any atom is 0.658 e. The summed E-state index contributed by atoms with van der Waals surface area (Å²) in [5, 5.41) is 10.5. The van der Waals surface area contributed by atoms with E-state index >= 15 is 0 Å². The van der Waals surface area contributed by atoms with Crippen molar-refractivity contribution >= 4 is 66.8 Å². The minimum Gasteiger partial charge on any atom is -0.524 e. The van der Waals surface area contributed by atoms with E-state index in [1.165, 1.54) is 96.7 Å². The summed E-state index contributed by atoms with van der Waals surface area (Å²) in [6, 6.07) is 55.8. The first-order chi connectivity index (χ1) is 48.2. The Morgan fingerprint density at radius 1 is 0.660 bits per heavy atom. The van der Waals surface area contributed by atoms with Crippen LogP contribution in [0.15, 0.2) is 194 Å². The van der Waals surface area contributed by atoms with Gasteiger partial charge in [0.15, 0.2) is 5.78 Å². The van der Waals surface area contributed by atoms with Gasteiger partial charge in [0.1, 0.15) is 26.9 Å². The van der Waals surface area contributed by atoms with Crippen molar-refractivity contribution in [1.82, 2.24) is 9.71 Å². The third-order valence-electron chi connectivity index (χ3n) is 19.2. The van der Waals surface area contributed by atoms with Gasteiger partial charge < -0.3 is 38.3 Å². The lowest BCUT2D eigenvalue weighted by atomic mass is 9.79. The van der Waals surface area contributed by atoms with E-state index in [-0.39, 0.29) is 36.8 Å². The summed E-state index contributed by atoms with van der Waals surface area (Å²) in [5.41, 5.74) is 4.70. The van der Waals surface area contributed by atoms with Gasteiger partial charge in [-0.05, 0) is 173 Å². The van der Waals surface area contributed by atoms with Gasteiger partial charge in [0.2, 0.25) is 5.78 Å². The number of alkyl halides is 4. The lowest BCUT2D eigenvalue weighted by Gasteiger charge is -2.36. The van der Waals surface area contributed by atoms with Crippen molar-refractivity contribution in [3.8, 4) is 11.5 Å². The highest BCUT2D eigenvalue weighted by atomic mass is 32.1. The molecule has 1 aliphatic carbocycles. The SMILES string of the molecule is CB1OC(c2ccccc2)(c2ccccc2)[C@H]2CCCN12.COC(=O)c1ccc(CCCC2C(=O)C(F)(F)C[C@@H]2/C=C/C(=O)[C@@H](C)CCCc2ccccc2)s1.COC(=O)c1ccc(CCCN2C(=O)C(F)(F)C[C@@H]2/C=C/[C@@H](O)[C@@H](C)CCCc2ccccc2)s1.[B]1Oc2ccccc2O1. The molecule has 1 saturated carbocycles. The summed E-state index contributed by atoms with van der Waals surface area (Å²) >= 11 is 2.60. The maximum atomic E-state index is 14.2. The number of fused-ring (bicyclic) bond motifs is 2. The van der Waals surface area contributed by atoms with Gasteiger partial charge >= 0.3 is 38.5 Å².